The lowest BCUT2D eigenvalue weighted by Gasteiger charge is -2.40. The first-order chi connectivity index (χ1) is 7.95. The molecule has 1 atom stereocenters. The van der Waals surface area contributed by atoms with Crippen molar-refractivity contribution >= 4 is 0 Å². The molecular formula is C15H31NO. The lowest BCUT2D eigenvalue weighted by Crippen LogP contribution is -2.46. The van der Waals surface area contributed by atoms with Crippen LogP contribution in [-0.4, -0.2) is 35.2 Å². The summed E-state index contributed by atoms with van der Waals surface area (Å²) in [6.07, 6.45) is 5.41. The summed E-state index contributed by atoms with van der Waals surface area (Å²) in [5.74, 6) is 1.40. The first-order valence-corrected chi connectivity index (χ1v) is 7.40. The summed E-state index contributed by atoms with van der Waals surface area (Å²) in [5, 5.41) is 10.6. The highest BCUT2D eigenvalue weighted by Gasteiger charge is 2.33. The van der Waals surface area contributed by atoms with E-state index in [1.54, 1.807) is 0 Å². The van der Waals surface area contributed by atoms with E-state index in [0.29, 0.717) is 5.92 Å². The van der Waals surface area contributed by atoms with Crippen molar-refractivity contribution in [3.63, 3.8) is 0 Å². The van der Waals surface area contributed by atoms with Crippen molar-refractivity contribution < 1.29 is 5.11 Å². The molecule has 0 aliphatic carbocycles. The van der Waals surface area contributed by atoms with Gasteiger partial charge in [0.15, 0.2) is 0 Å². The molecule has 102 valence electrons. The lowest BCUT2D eigenvalue weighted by molar-refractivity contribution is -0.0399. The quantitative estimate of drug-likeness (QED) is 0.771. The van der Waals surface area contributed by atoms with Gasteiger partial charge in [0.05, 0.1) is 5.60 Å². The molecule has 2 heteroatoms. The molecule has 0 amide bonds. The Kier molecular flexibility index (Phi) is 5.94. The van der Waals surface area contributed by atoms with Crippen LogP contribution >= 0.6 is 0 Å². The van der Waals surface area contributed by atoms with Gasteiger partial charge in [0.25, 0.3) is 0 Å². The molecule has 17 heavy (non-hydrogen) atoms. The molecule has 1 heterocycles. The minimum atomic E-state index is -0.373. The van der Waals surface area contributed by atoms with Crippen LogP contribution in [-0.2, 0) is 0 Å². The van der Waals surface area contributed by atoms with E-state index < -0.39 is 0 Å². The Bertz CT molecular complexity index is 207. The van der Waals surface area contributed by atoms with Crippen LogP contribution in [0.1, 0.15) is 59.8 Å². The van der Waals surface area contributed by atoms with Gasteiger partial charge in [-0.3, -0.25) is 0 Å². The Balaban J connectivity index is 2.33. The second-order valence-electron chi connectivity index (χ2n) is 6.52. The number of rotatable bonds is 6. The van der Waals surface area contributed by atoms with E-state index >= 15 is 0 Å². The third-order valence-electron chi connectivity index (χ3n) is 3.92. The van der Waals surface area contributed by atoms with E-state index in [0.717, 1.165) is 38.3 Å². The smallest absolute Gasteiger partial charge is 0.0674 e. The number of piperidine rings is 1. The van der Waals surface area contributed by atoms with Gasteiger partial charge < -0.3 is 10.0 Å². The maximum Gasteiger partial charge on any atom is 0.0674 e. The summed E-state index contributed by atoms with van der Waals surface area (Å²) in [4.78, 5) is 2.50. The first-order valence-electron chi connectivity index (χ1n) is 7.40. The Labute approximate surface area is 107 Å². The molecule has 1 saturated heterocycles. The minimum absolute atomic E-state index is 0.373. The maximum absolute atomic E-state index is 10.6. The fourth-order valence-electron chi connectivity index (χ4n) is 3.12. The Morgan fingerprint density at radius 3 is 2.24 bits per heavy atom. The van der Waals surface area contributed by atoms with E-state index in [9.17, 15) is 5.11 Å². The van der Waals surface area contributed by atoms with Crippen molar-refractivity contribution in [2.75, 3.05) is 19.6 Å². The third-order valence-corrected chi connectivity index (χ3v) is 3.92. The van der Waals surface area contributed by atoms with Crippen LogP contribution in [0.15, 0.2) is 0 Å². The Morgan fingerprint density at radius 2 is 1.76 bits per heavy atom. The van der Waals surface area contributed by atoms with Crippen molar-refractivity contribution in [3.8, 4) is 0 Å². The zero-order valence-corrected chi connectivity index (χ0v) is 12.2. The van der Waals surface area contributed by atoms with E-state index in [1.807, 2.05) is 0 Å². The summed E-state index contributed by atoms with van der Waals surface area (Å²) in [7, 11) is 0. The number of likely N-dealkylation sites (tertiary alicyclic amines) is 1. The molecule has 0 aromatic rings. The third kappa shape index (κ3) is 5.39. The van der Waals surface area contributed by atoms with E-state index in [-0.39, 0.29) is 5.60 Å². The molecule has 0 radical (unpaired) electrons. The first kappa shape index (κ1) is 15.0. The van der Waals surface area contributed by atoms with Crippen LogP contribution in [0, 0.1) is 11.8 Å². The Hall–Kier alpha value is -0.0800. The van der Waals surface area contributed by atoms with Gasteiger partial charge in [-0.15, -0.1) is 0 Å². The SMILES string of the molecule is CCCC(C)CC1(O)CCN(CC(C)C)CC1. The van der Waals surface area contributed by atoms with Crippen molar-refractivity contribution in [2.45, 2.75) is 65.4 Å². The second-order valence-corrected chi connectivity index (χ2v) is 6.52. The van der Waals surface area contributed by atoms with Crippen LogP contribution in [0.2, 0.25) is 0 Å². The predicted molar refractivity (Wildman–Crippen MR) is 74.2 cm³/mol. The van der Waals surface area contributed by atoms with Crippen molar-refractivity contribution in [1.82, 2.24) is 4.90 Å². The Morgan fingerprint density at radius 1 is 1.18 bits per heavy atom. The normalized spacial score (nSPS) is 22.9. The summed E-state index contributed by atoms with van der Waals surface area (Å²) >= 11 is 0. The van der Waals surface area contributed by atoms with Crippen molar-refractivity contribution in [1.29, 1.82) is 0 Å². The van der Waals surface area contributed by atoms with E-state index in [2.05, 4.69) is 32.6 Å². The van der Waals surface area contributed by atoms with Crippen molar-refractivity contribution in [2.24, 2.45) is 11.8 Å². The van der Waals surface area contributed by atoms with Crippen LogP contribution in [0.4, 0.5) is 0 Å². The van der Waals surface area contributed by atoms with Gasteiger partial charge >= 0.3 is 0 Å². The van der Waals surface area contributed by atoms with Gasteiger partial charge in [-0.25, -0.2) is 0 Å². The average Bonchev–Trinajstić information content (AvgIpc) is 2.21. The molecule has 1 fully saturated rings. The summed E-state index contributed by atoms with van der Waals surface area (Å²) in [5.41, 5.74) is -0.373. The monoisotopic (exact) mass is 241 g/mol. The highest BCUT2D eigenvalue weighted by molar-refractivity contribution is 4.87. The van der Waals surface area contributed by atoms with Gasteiger partial charge in [0, 0.05) is 19.6 Å². The van der Waals surface area contributed by atoms with E-state index in [4.69, 9.17) is 0 Å². The van der Waals surface area contributed by atoms with Crippen LogP contribution in [0.3, 0.4) is 0 Å². The van der Waals surface area contributed by atoms with Crippen LogP contribution in [0.5, 0.6) is 0 Å². The second kappa shape index (κ2) is 6.75. The number of nitrogens with zero attached hydrogens (tertiary/aromatic N) is 1. The van der Waals surface area contributed by atoms with Crippen LogP contribution < -0.4 is 0 Å². The zero-order valence-electron chi connectivity index (χ0n) is 12.2. The minimum Gasteiger partial charge on any atom is -0.390 e. The standard InChI is InChI=1S/C15H31NO/c1-5-6-14(4)11-15(17)7-9-16(10-8-15)12-13(2)3/h13-14,17H,5-12H2,1-4H3. The molecule has 0 spiro atoms. The van der Waals surface area contributed by atoms with Crippen molar-refractivity contribution in [3.05, 3.63) is 0 Å². The molecule has 1 aliphatic rings. The zero-order chi connectivity index (χ0) is 12.9. The van der Waals surface area contributed by atoms with Crippen LogP contribution in [0.25, 0.3) is 0 Å². The van der Waals surface area contributed by atoms with E-state index in [1.165, 1.54) is 19.4 Å². The highest BCUT2D eigenvalue weighted by atomic mass is 16.3. The largest absolute Gasteiger partial charge is 0.390 e. The van der Waals surface area contributed by atoms with Gasteiger partial charge in [-0.05, 0) is 31.1 Å². The molecule has 0 aromatic carbocycles. The molecule has 1 rings (SSSR count). The highest BCUT2D eigenvalue weighted by Crippen LogP contribution is 2.30. The summed E-state index contributed by atoms with van der Waals surface area (Å²) < 4.78 is 0. The van der Waals surface area contributed by atoms with Gasteiger partial charge in [-0.2, -0.15) is 0 Å². The maximum atomic E-state index is 10.6. The molecule has 1 N–H and O–H groups in total. The molecule has 2 nitrogen and oxygen atoms in total. The average molecular weight is 241 g/mol. The number of hydrogen-bond acceptors (Lipinski definition) is 2. The predicted octanol–water partition coefficient (Wildman–Crippen LogP) is 3.30. The number of hydrogen-bond donors (Lipinski definition) is 1. The fraction of sp³-hybridized carbons (Fsp3) is 1.00. The molecule has 1 unspecified atom stereocenters. The number of aliphatic hydroxyl groups is 1. The summed E-state index contributed by atoms with van der Waals surface area (Å²) in [6, 6.07) is 0. The molecule has 0 saturated carbocycles. The summed E-state index contributed by atoms with van der Waals surface area (Å²) in [6.45, 7) is 12.4. The molecule has 0 aromatic heterocycles. The lowest BCUT2D eigenvalue weighted by atomic mass is 9.82. The molecule has 1 aliphatic heterocycles. The van der Waals surface area contributed by atoms with Gasteiger partial charge in [0.2, 0.25) is 0 Å². The van der Waals surface area contributed by atoms with Gasteiger partial charge in [-0.1, -0.05) is 40.5 Å². The molecular weight excluding hydrogens is 210 g/mol. The molecule has 0 bridgehead atoms. The van der Waals surface area contributed by atoms with Gasteiger partial charge in [0.1, 0.15) is 0 Å². The topological polar surface area (TPSA) is 23.5 Å². The fourth-order valence-corrected chi connectivity index (χ4v) is 3.12.